The number of rotatable bonds is 5. The van der Waals surface area contributed by atoms with Crippen LogP contribution in [0.3, 0.4) is 0 Å². The normalized spacial score (nSPS) is 11.1. The van der Waals surface area contributed by atoms with Crippen LogP contribution in [0.15, 0.2) is 23.1 Å². The number of aryl methyl sites for hydroxylation is 2. The van der Waals surface area contributed by atoms with Crippen molar-refractivity contribution in [3.05, 3.63) is 29.3 Å². The van der Waals surface area contributed by atoms with E-state index >= 15 is 0 Å². The first-order valence-electron chi connectivity index (χ1n) is 5.45. The molecule has 17 heavy (non-hydrogen) atoms. The largest absolute Gasteiger partial charge is 0.294 e. The van der Waals surface area contributed by atoms with Crippen molar-refractivity contribution >= 4 is 10.1 Å². The van der Waals surface area contributed by atoms with Crippen LogP contribution in [0.25, 0.3) is 0 Å². The third-order valence-electron chi connectivity index (χ3n) is 2.51. The Labute approximate surface area is 103 Å². The van der Waals surface area contributed by atoms with Crippen molar-refractivity contribution in [2.24, 2.45) is 0 Å². The lowest BCUT2D eigenvalue weighted by molar-refractivity contribution is 0.482. The molecule has 0 heterocycles. The maximum Gasteiger partial charge on any atom is 0.294 e. The van der Waals surface area contributed by atoms with Gasteiger partial charge in [0, 0.05) is 6.42 Å². The summed E-state index contributed by atoms with van der Waals surface area (Å²) in [7, 11) is -4.13. The second-order valence-corrected chi connectivity index (χ2v) is 5.39. The zero-order valence-electron chi connectivity index (χ0n) is 9.81. The summed E-state index contributed by atoms with van der Waals surface area (Å²) < 4.78 is 31.5. The van der Waals surface area contributed by atoms with Crippen molar-refractivity contribution in [3.8, 4) is 12.3 Å². The predicted octanol–water partition coefficient (Wildman–Crippen LogP) is 2.59. The topological polar surface area (TPSA) is 54.4 Å². The van der Waals surface area contributed by atoms with Gasteiger partial charge in [-0.1, -0.05) is 17.7 Å². The molecule has 0 unspecified atom stereocenters. The second kappa shape index (κ2) is 5.85. The summed E-state index contributed by atoms with van der Waals surface area (Å²) in [6.45, 7) is 1.89. The lowest BCUT2D eigenvalue weighted by Crippen LogP contribution is -2.03. The molecule has 0 atom stereocenters. The van der Waals surface area contributed by atoms with Crippen LogP contribution in [-0.4, -0.2) is 13.0 Å². The highest BCUT2D eigenvalue weighted by Gasteiger charge is 2.14. The maximum atomic E-state index is 11.2. The van der Waals surface area contributed by atoms with E-state index in [2.05, 4.69) is 5.92 Å². The Morgan fingerprint density at radius 3 is 2.65 bits per heavy atom. The van der Waals surface area contributed by atoms with E-state index in [1.54, 1.807) is 12.1 Å². The average Bonchev–Trinajstić information content (AvgIpc) is 2.23. The van der Waals surface area contributed by atoms with Crippen LogP contribution < -0.4 is 0 Å². The summed E-state index contributed by atoms with van der Waals surface area (Å²) in [4.78, 5) is 0.00353. The van der Waals surface area contributed by atoms with Crippen LogP contribution in [0.4, 0.5) is 0 Å². The highest BCUT2D eigenvalue weighted by Crippen LogP contribution is 2.19. The van der Waals surface area contributed by atoms with Gasteiger partial charge in [0.15, 0.2) is 0 Å². The Morgan fingerprint density at radius 2 is 2.06 bits per heavy atom. The summed E-state index contributed by atoms with van der Waals surface area (Å²) in [5, 5.41) is 0. The molecule has 1 aromatic rings. The fourth-order valence-corrected chi connectivity index (χ4v) is 2.43. The lowest BCUT2D eigenvalue weighted by atomic mass is 10.0. The number of hydrogen-bond acceptors (Lipinski definition) is 2. The molecular formula is C13H16O3S. The van der Waals surface area contributed by atoms with Crippen molar-refractivity contribution in [2.45, 2.75) is 37.5 Å². The van der Waals surface area contributed by atoms with E-state index in [0.29, 0.717) is 18.4 Å². The van der Waals surface area contributed by atoms with Crippen LogP contribution >= 0.6 is 0 Å². The molecule has 0 aromatic heterocycles. The molecule has 4 heteroatoms. The van der Waals surface area contributed by atoms with Gasteiger partial charge in [-0.25, -0.2) is 0 Å². The molecule has 1 rings (SSSR count). The smallest absolute Gasteiger partial charge is 0.282 e. The predicted molar refractivity (Wildman–Crippen MR) is 67.4 cm³/mol. The van der Waals surface area contributed by atoms with Gasteiger partial charge in [0.05, 0.1) is 4.90 Å². The summed E-state index contributed by atoms with van der Waals surface area (Å²) in [6, 6.07) is 4.91. The van der Waals surface area contributed by atoms with Gasteiger partial charge in [-0.05, 0) is 37.8 Å². The Balaban J connectivity index is 2.89. The quantitative estimate of drug-likeness (QED) is 0.498. The Bertz CT molecular complexity index is 524. The van der Waals surface area contributed by atoms with Crippen LogP contribution in [0.2, 0.25) is 0 Å². The molecule has 0 spiro atoms. The summed E-state index contributed by atoms with van der Waals surface area (Å²) >= 11 is 0. The van der Waals surface area contributed by atoms with Crippen molar-refractivity contribution in [1.29, 1.82) is 0 Å². The van der Waals surface area contributed by atoms with Gasteiger partial charge in [0.25, 0.3) is 10.1 Å². The lowest BCUT2D eigenvalue weighted by Gasteiger charge is -2.07. The molecule has 0 saturated carbocycles. The minimum Gasteiger partial charge on any atom is -0.282 e. The molecule has 0 aliphatic heterocycles. The number of unbranched alkanes of at least 4 members (excludes halogenated alkanes) is 2. The zero-order valence-corrected chi connectivity index (χ0v) is 10.6. The van der Waals surface area contributed by atoms with E-state index in [1.165, 1.54) is 6.07 Å². The molecule has 3 nitrogen and oxygen atoms in total. The fourth-order valence-electron chi connectivity index (χ4n) is 1.70. The van der Waals surface area contributed by atoms with Crippen LogP contribution in [-0.2, 0) is 16.5 Å². The van der Waals surface area contributed by atoms with Gasteiger partial charge in [-0.3, -0.25) is 4.55 Å². The zero-order chi connectivity index (χ0) is 12.9. The molecule has 0 saturated heterocycles. The van der Waals surface area contributed by atoms with E-state index in [4.69, 9.17) is 11.0 Å². The van der Waals surface area contributed by atoms with E-state index in [-0.39, 0.29) is 4.90 Å². The van der Waals surface area contributed by atoms with E-state index in [9.17, 15) is 8.42 Å². The van der Waals surface area contributed by atoms with Crippen LogP contribution in [0, 0.1) is 19.3 Å². The minimum absolute atomic E-state index is 0.00353. The molecule has 1 N–H and O–H groups in total. The molecule has 0 radical (unpaired) electrons. The molecule has 0 fully saturated rings. The third-order valence-corrected chi connectivity index (χ3v) is 3.47. The number of terminal acetylenes is 1. The van der Waals surface area contributed by atoms with Crippen molar-refractivity contribution in [2.75, 3.05) is 0 Å². The van der Waals surface area contributed by atoms with Crippen molar-refractivity contribution in [1.82, 2.24) is 0 Å². The summed E-state index contributed by atoms with van der Waals surface area (Å²) in [5.41, 5.74) is 1.63. The second-order valence-electron chi connectivity index (χ2n) is 4.00. The van der Waals surface area contributed by atoms with Gasteiger partial charge >= 0.3 is 0 Å². The molecule has 0 amide bonds. The van der Waals surface area contributed by atoms with Crippen molar-refractivity contribution < 1.29 is 13.0 Å². The molecule has 92 valence electrons. The molecule has 0 aliphatic rings. The standard InChI is InChI=1S/C13H16O3S/c1-3-4-5-6-7-12-10-11(2)8-9-13(12)17(14,15)16/h1,8-10H,4-7H2,2H3,(H,14,15,16). The van der Waals surface area contributed by atoms with E-state index in [0.717, 1.165) is 18.4 Å². The number of benzene rings is 1. The van der Waals surface area contributed by atoms with E-state index in [1.807, 2.05) is 6.92 Å². The first kappa shape index (κ1) is 13.8. The van der Waals surface area contributed by atoms with Gasteiger partial charge in [0.2, 0.25) is 0 Å². The van der Waals surface area contributed by atoms with Gasteiger partial charge in [-0.15, -0.1) is 12.3 Å². The molecule has 0 bridgehead atoms. The van der Waals surface area contributed by atoms with Crippen molar-refractivity contribution in [3.63, 3.8) is 0 Å². The molecular weight excluding hydrogens is 236 g/mol. The van der Waals surface area contributed by atoms with Crippen LogP contribution in [0.1, 0.15) is 30.4 Å². The minimum atomic E-state index is -4.13. The summed E-state index contributed by atoms with van der Waals surface area (Å²) in [6.07, 6.45) is 8.11. The summed E-state index contributed by atoms with van der Waals surface area (Å²) in [5.74, 6) is 2.54. The van der Waals surface area contributed by atoms with Crippen LogP contribution in [0.5, 0.6) is 0 Å². The molecule has 0 aliphatic carbocycles. The fraction of sp³-hybridized carbons (Fsp3) is 0.385. The number of hydrogen-bond donors (Lipinski definition) is 1. The Kier molecular flexibility index (Phi) is 4.73. The van der Waals surface area contributed by atoms with Gasteiger partial charge < -0.3 is 0 Å². The first-order chi connectivity index (χ1) is 7.95. The maximum absolute atomic E-state index is 11.2. The van der Waals surface area contributed by atoms with E-state index < -0.39 is 10.1 Å². The highest BCUT2D eigenvalue weighted by molar-refractivity contribution is 7.85. The average molecular weight is 252 g/mol. The first-order valence-corrected chi connectivity index (χ1v) is 6.89. The van der Waals surface area contributed by atoms with Gasteiger partial charge in [-0.2, -0.15) is 8.42 Å². The monoisotopic (exact) mass is 252 g/mol. The highest BCUT2D eigenvalue weighted by atomic mass is 32.2. The SMILES string of the molecule is C#CCCCCc1cc(C)ccc1S(=O)(=O)O. The Hall–Kier alpha value is -1.31. The molecule has 1 aromatic carbocycles. The third kappa shape index (κ3) is 4.22. The van der Waals surface area contributed by atoms with Gasteiger partial charge in [0.1, 0.15) is 0 Å². The Morgan fingerprint density at radius 1 is 1.35 bits per heavy atom.